The first-order valence-corrected chi connectivity index (χ1v) is 5.55. The largest absolute Gasteiger partial charge is 0.361 e. The monoisotopic (exact) mass is 232 g/mol. The Morgan fingerprint density at radius 2 is 2.47 bits per heavy atom. The molecule has 0 unspecified atom stereocenters. The molecule has 0 aliphatic heterocycles. The van der Waals surface area contributed by atoms with E-state index in [0.717, 1.165) is 11.5 Å². The Morgan fingerprint density at radius 1 is 1.59 bits per heavy atom. The van der Waals surface area contributed by atoms with Gasteiger partial charge in [-0.25, -0.2) is 0 Å². The van der Waals surface area contributed by atoms with Crippen molar-refractivity contribution in [3.8, 4) is 0 Å². The Kier molecular flexibility index (Phi) is 2.40. The van der Waals surface area contributed by atoms with Gasteiger partial charge in [0.05, 0.1) is 18.3 Å². The van der Waals surface area contributed by atoms with Crippen LogP contribution in [0.5, 0.6) is 0 Å². The molecule has 2 aromatic rings. The number of hydrogen-bond donors (Lipinski definition) is 2. The number of hydrogen-bond acceptors (Lipinski definition) is 4. The van der Waals surface area contributed by atoms with E-state index in [1.807, 2.05) is 6.07 Å². The molecule has 0 radical (unpaired) electrons. The molecule has 0 spiro atoms. The van der Waals surface area contributed by atoms with Gasteiger partial charge < -0.3 is 9.84 Å². The van der Waals surface area contributed by atoms with Gasteiger partial charge in [0.2, 0.25) is 0 Å². The smallest absolute Gasteiger partial charge is 0.254 e. The summed E-state index contributed by atoms with van der Waals surface area (Å²) in [5.74, 6) is 1.30. The van der Waals surface area contributed by atoms with E-state index >= 15 is 0 Å². The van der Waals surface area contributed by atoms with Crippen LogP contribution in [0.2, 0.25) is 0 Å². The number of aromatic amines is 1. The van der Waals surface area contributed by atoms with Crippen molar-refractivity contribution in [2.24, 2.45) is 0 Å². The summed E-state index contributed by atoms with van der Waals surface area (Å²) >= 11 is 0. The first-order valence-electron chi connectivity index (χ1n) is 5.55. The van der Waals surface area contributed by atoms with Gasteiger partial charge in [-0.05, 0) is 12.8 Å². The minimum atomic E-state index is -0.172. The molecule has 17 heavy (non-hydrogen) atoms. The zero-order valence-corrected chi connectivity index (χ0v) is 9.14. The van der Waals surface area contributed by atoms with Crippen LogP contribution >= 0.6 is 0 Å². The summed E-state index contributed by atoms with van der Waals surface area (Å²) in [6, 6.07) is 1.91. The second-order valence-electron chi connectivity index (χ2n) is 4.16. The van der Waals surface area contributed by atoms with Crippen LogP contribution in [0.25, 0.3) is 0 Å². The normalized spacial score (nSPS) is 14.8. The van der Waals surface area contributed by atoms with Crippen molar-refractivity contribution in [3.63, 3.8) is 0 Å². The van der Waals surface area contributed by atoms with Crippen LogP contribution in [0.1, 0.15) is 40.6 Å². The van der Waals surface area contributed by atoms with Crippen LogP contribution in [0.3, 0.4) is 0 Å². The molecule has 1 fully saturated rings. The van der Waals surface area contributed by atoms with Gasteiger partial charge in [0.15, 0.2) is 0 Å². The number of aromatic nitrogens is 3. The van der Waals surface area contributed by atoms with Crippen molar-refractivity contribution in [1.29, 1.82) is 0 Å². The topological polar surface area (TPSA) is 83.8 Å². The van der Waals surface area contributed by atoms with Crippen molar-refractivity contribution >= 4 is 5.91 Å². The van der Waals surface area contributed by atoms with Crippen molar-refractivity contribution in [2.75, 3.05) is 0 Å². The van der Waals surface area contributed by atoms with Crippen LogP contribution in [0, 0.1) is 0 Å². The van der Waals surface area contributed by atoms with Crippen molar-refractivity contribution in [3.05, 3.63) is 35.5 Å². The lowest BCUT2D eigenvalue weighted by Gasteiger charge is -1.98. The van der Waals surface area contributed by atoms with Gasteiger partial charge in [-0.15, -0.1) is 0 Å². The quantitative estimate of drug-likeness (QED) is 0.829. The molecule has 6 nitrogen and oxygen atoms in total. The van der Waals surface area contributed by atoms with Crippen molar-refractivity contribution < 1.29 is 9.32 Å². The highest BCUT2D eigenvalue weighted by Crippen LogP contribution is 2.40. The minimum Gasteiger partial charge on any atom is -0.361 e. The second kappa shape index (κ2) is 4.04. The molecule has 0 atom stereocenters. The number of nitrogens with zero attached hydrogens (tertiary/aromatic N) is 2. The van der Waals surface area contributed by atoms with Gasteiger partial charge in [0.25, 0.3) is 5.91 Å². The minimum absolute atomic E-state index is 0.172. The fourth-order valence-electron chi connectivity index (χ4n) is 1.62. The Balaban J connectivity index is 1.58. The third-order valence-electron chi connectivity index (χ3n) is 2.75. The van der Waals surface area contributed by atoms with Gasteiger partial charge in [-0.3, -0.25) is 9.89 Å². The molecule has 1 saturated carbocycles. The molecule has 1 aliphatic carbocycles. The van der Waals surface area contributed by atoms with E-state index in [9.17, 15) is 4.79 Å². The first kappa shape index (κ1) is 10.1. The molecular formula is C11H12N4O2. The maximum Gasteiger partial charge on any atom is 0.254 e. The molecule has 2 aromatic heterocycles. The Bertz CT molecular complexity index is 513. The van der Waals surface area contributed by atoms with E-state index in [0.29, 0.717) is 18.0 Å². The highest BCUT2D eigenvalue weighted by Gasteiger charge is 2.27. The molecule has 1 aliphatic rings. The fraction of sp³-hybridized carbons (Fsp3) is 0.364. The van der Waals surface area contributed by atoms with Crippen molar-refractivity contribution in [1.82, 2.24) is 20.7 Å². The van der Waals surface area contributed by atoms with E-state index in [1.54, 1.807) is 6.20 Å². The average Bonchev–Trinajstić information content (AvgIpc) is 2.88. The number of rotatable bonds is 4. The molecular weight excluding hydrogens is 220 g/mol. The molecule has 2 heterocycles. The summed E-state index contributed by atoms with van der Waals surface area (Å²) < 4.78 is 5.19. The van der Waals surface area contributed by atoms with Crippen LogP contribution in [0.15, 0.2) is 23.0 Å². The predicted octanol–water partition coefficient (Wildman–Crippen LogP) is 1.21. The summed E-state index contributed by atoms with van der Waals surface area (Å²) in [4.78, 5) is 11.6. The summed E-state index contributed by atoms with van der Waals surface area (Å²) in [6.45, 7) is 0.375. The van der Waals surface area contributed by atoms with E-state index in [2.05, 4.69) is 20.7 Å². The molecule has 2 N–H and O–H groups in total. The fourth-order valence-corrected chi connectivity index (χ4v) is 1.62. The third kappa shape index (κ3) is 2.20. The Labute approximate surface area is 97.4 Å². The van der Waals surface area contributed by atoms with E-state index in [4.69, 9.17) is 4.52 Å². The number of carbonyl (C=O) groups excluding carboxylic acids is 1. The van der Waals surface area contributed by atoms with Gasteiger partial charge in [0, 0.05) is 18.2 Å². The van der Waals surface area contributed by atoms with Crippen LogP contribution in [0.4, 0.5) is 0 Å². The molecule has 88 valence electrons. The molecule has 1 amide bonds. The predicted molar refractivity (Wildman–Crippen MR) is 58.2 cm³/mol. The second-order valence-corrected chi connectivity index (χ2v) is 4.16. The molecule has 3 rings (SSSR count). The van der Waals surface area contributed by atoms with E-state index < -0.39 is 0 Å². The third-order valence-corrected chi connectivity index (χ3v) is 2.75. The first-order chi connectivity index (χ1) is 8.33. The number of nitrogens with one attached hydrogen (secondary N) is 2. The zero-order valence-electron chi connectivity index (χ0n) is 9.14. The van der Waals surface area contributed by atoms with Gasteiger partial charge in [-0.2, -0.15) is 5.10 Å². The maximum atomic E-state index is 11.6. The summed E-state index contributed by atoms with van der Waals surface area (Å²) in [5, 5.41) is 13.0. The Hall–Kier alpha value is -2.11. The summed E-state index contributed by atoms with van der Waals surface area (Å²) in [5.41, 5.74) is 1.26. The lowest BCUT2D eigenvalue weighted by molar-refractivity contribution is 0.0950. The van der Waals surface area contributed by atoms with Crippen molar-refractivity contribution in [2.45, 2.75) is 25.3 Å². The Morgan fingerprint density at radius 3 is 3.18 bits per heavy atom. The lowest BCUT2D eigenvalue weighted by Crippen LogP contribution is -2.22. The number of H-pyrrole nitrogens is 1. The van der Waals surface area contributed by atoms with Crippen LogP contribution in [-0.2, 0) is 6.54 Å². The maximum absolute atomic E-state index is 11.6. The SMILES string of the molecule is O=C(NCc1cc(C2CC2)on1)c1cn[nH]c1. The summed E-state index contributed by atoms with van der Waals surface area (Å²) in [6.07, 6.45) is 5.38. The van der Waals surface area contributed by atoms with Gasteiger partial charge >= 0.3 is 0 Å². The van der Waals surface area contributed by atoms with Crippen LogP contribution < -0.4 is 5.32 Å². The lowest BCUT2D eigenvalue weighted by atomic mass is 10.3. The molecule has 6 heteroatoms. The number of amides is 1. The average molecular weight is 232 g/mol. The molecule has 0 saturated heterocycles. The standard InChI is InChI=1S/C11H12N4O2/c16-11(8-4-13-14-5-8)12-6-9-3-10(17-15-9)7-1-2-7/h3-5,7H,1-2,6H2,(H,12,16)(H,13,14). The number of carbonyl (C=O) groups is 1. The highest BCUT2D eigenvalue weighted by atomic mass is 16.5. The summed E-state index contributed by atoms with van der Waals surface area (Å²) in [7, 11) is 0. The molecule has 0 bridgehead atoms. The van der Waals surface area contributed by atoms with Gasteiger partial charge in [-0.1, -0.05) is 5.16 Å². The molecule has 0 aromatic carbocycles. The zero-order chi connectivity index (χ0) is 11.7. The van der Waals surface area contributed by atoms with E-state index in [1.165, 1.54) is 19.0 Å². The van der Waals surface area contributed by atoms with E-state index in [-0.39, 0.29) is 5.91 Å². The highest BCUT2D eigenvalue weighted by molar-refractivity contribution is 5.93. The van der Waals surface area contributed by atoms with Gasteiger partial charge in [0.1, 0.15) is 11.5 Å². The van der Waals surface area contributed by atoms with Crippen LogP contribution in [-0.4, -0.2) is 21.3 Å².